The van der Waals surface area contributed by atoms with Gasteiger partial charge in [0, 0.05) is 13.0 Å². The lowest BCUT2D eigenvalue weighted by Crippen LogP contribution is -2.52. The highest BCUT2D eigenvalue weighted by molar-refractivity contribution is 6.35. The molecule has 3 atom stereocenters. The average Bonchev–Trinajstić information content (AvgIpc) is 2.74. The van der Waals surface area contributed by atoms with Gasteiger partial charge >= 0.3 is 0 Å². The van der Waals surface area contributed by atoms with E-state index >= 15 is 0 Å². The standard InChI is InChI=1S/C10H15NO4/c1-5(12)9(13)11-7-3-2-6(4-7)8(11)10(14)15/h6-8,10,14-15H,2-4H2,1H3. The maximum absolute atomic E-state index is 11.6. The van der Waals surface area contributed by atoms with Crippen molar-refractivity contribution in [1.82, 2.24) is 4.90 Å². The summed E-state index contributed by atoms with van der Waals surface area (Å²) in [4.78, 5) is 24.0. The Morgan fingerprint density at radius 2 is 2.00 bits per heavy atom. The van der Waals surface area contributed by atoms with Gasteiger partial charge < -0.3 is 15.1 Å². The first-order valence-corrected chi connectivity index (χ1v) is 5.21. The molecule has 1 amide bonds. The maximum Gasteiger partial charge on any atom is 0.290 e. The number of amides is 1. The minimum absolute atomic E-state index is 0.0261. The van der Waals surface area contributed by atoms with Crippen LogP contribution in [0.3, 0.4) is 0 Å². The highest BCUT2D eigenvalue weighted by atomic mass is 16.5. The lowest BCUT2D eigenvalue weighted by Gasteiger charge is -2.35. The Morgan fingerprint density at radius 3 is 2.53 bits per heavy atom. The molecule has 15 heavy (non-hydrogen) atoms. The molecule has 0 aromatic rings. The van der Waals surface area contributed by atoms with Gasteiger partial charge in [-0.15, -0.1) is 0 Å². The first-order valence-electron chi connectivity index (χ1n) is 5.21. The van der Waals surface area contributed by atoms with Crippen LogP contribution >= 0.6 is 0 Å². The number of aliphatic hydroxyl groups excluding tert-OH is 1. The van der Waals surface area contributed by atoms with Crippen LogP contribution in [0.25, 0.3) is 0 Å². The summed E-state index contributed by atoms with van der Waals surface area (Å²) < 4.78 is 0. The molecule has 0 aromatic carbocycles. The van der Waals surface area contributed by atoms with Gasteiger partial charge in [-0.25, -0.2) is 0 Å². The van der Waals surface area contributed by atoms with Gasteiger partial charge in [0.1, 0.15) is 0 Å². The summed E-state index contributed by atoms with van der Waals surface area (Å²) in [6.07, 6.45) is 1.03. The number of rotatable bonds is 2. The van der Waals surface area contributed by atoms with E-state index in [0.29, 0.717) is 0 Å². The molecule has 2 bridgehead atoms. The smallest absolute Gasteiger partial charge is 0.290 e. The minimum atomic E-state index is -1.54. The Hall–Kier alpha value is -0.940. The number of Topliss-reactive ketones (excluding diaryl/α,β-unsaturated/α-hetero) is 1. The first-order chi connectivity index (χ1) is 7.02. The van der Waals surface area contributed by atoms with Crippen LogP contribution in [0.5, 0.6) is 0 Å². The molecular weight excluding hydrogens is 198 g/mol. The van der Waals surface area contributed by atoms with Gasteiger partial charge in [0.25, 0.3) is 5.91 Å². The topological polar surface area (TPSA) is 77.8 Å². The van der Waals surface area contributed by atoms with Gasteiger partial charge in [-0.3, -0.25) is 9.59 Å². The summed E-state index contributed by atoms with van der Waals surface area (Å²) in [5.74, 6) is -0.980. The fraction of sp³-hybridized carbons (Fsp3) is 0.800. The Labute approximate surface area is 87.7 Å². The number of hydrogen-bond acceptors (Lipinski definition) is 4. The molecule has 2 fully saturated rings. The van der Waals surface area contributed by atoms with E-state index in [-0.39, 0.29) is 12.0 Å². The van der Waals surface area contributed by atoms with E-state index in [1.165, 1.54) is 11.8 Å². The van der Waals surface area contributed by atoms with E-state index in [1.807, 2.05) is 0 Å². The van der Waals surface area contributed by atoms with E-state index in [0.717, 1.165) is 19.3 Å². The van der Waals surface area contributed by atoms with Gasteiger partial charge in [0.2, 0.25) is 5.78 Å². The Balaban J connectivity index is 2.22. The molecule has 1 heterocycles. The highest BCUT2D eigenvalue weighted by Crippen LogP contribution is 2.43. The van der Waals surface area contributed by atoms with Crippen LogP contribution in [-0.4, -0.2) is 45.2 Å². The Kier molecular flexibility index (Phi) is 2.52. The summed E-state index contributed by atoms with van der Waals surface area (Å²) in [5, 5.41) is 18.5. The molecule has 0 radical (unpaired) electrons. The quantitative estimate of drug-likeness (QED) is 0.468. The second-order valence-corrected chi connectivity index (χ2v) is 4.40. The number of aliphatic hydroxyl groups is 2. The zero-order valence-corrected chi connectivity index (χ0v) is 8.59. The van der Waals surface area contributed by atoms with Crippen molar-refractivity contribution >= 4 is 11.7 Å². The Morgan fingerprint density at radius 1 is 1.33 bits per heavy atom. The second kappa shape index (κ2) is 3.57. The normalized spacial score (nSPS) is 33.9. The molecule has 5 heteroatoms. The third-order valence-corrected chi connectivity index (χ3v) is 3.48. The lowest BCUT2D eigenvalue weighted by atomic mass is 9.98. The number of carbonyl (C=O) groups is 2. The summed E-state index contributed by atoms with van der Waals surface area (Å²) in [7, 11) is 0. The maximum atomic E-state index is 11.6. The van der Waals surface area contributed by atoms with Crippen LogP contribution in [0.15, 0.2) is 0 Å². The summed E-state index contributed by atoms with van der Waals surface area (Å²) in [6, 6.07) is -0.557. The molecule has 84 valence electrons. The summed E-state index contributed by atoms with van der Waals surface area (Å²) >= 11 is 0. The van der Waals surface area contributed by atoms with Crippen molar-refractivity contribution in [3.8, 4) is 0 Å². The van der Waals surface area contributed by atoms with Crippen molar-refractivity contribution in [2.75, 3.05) is 0 Å². The zero-order chi connectivity index (χ0) is 11.2. The minimum Gasteiger partial charge on any atom is -0.366 e. The van der Waals surface area contributed by atoms with Crippen LogP contribution in [0.4, 0.5) is 0 Å². The largest absolute Gasteiger partial charge is 0.366 e. The van der Waals surface area contributed by atoms with E-state index < -0.39 is 24.0 Å². The average molecular weight is 213 g/mol. The Bertz CT molecular complexity index is 302. The third-order valence-electron chi connectivity index (χ3n) is 3.48. The molecule has 2 rings (SSSR count). The molecule has 5 nitrogen and oxygen atoms in total. The fourth-order valence-corrected chi connectivity index (χ4v) is 2.90. The van der Waals surface area contributed by atoms with Gasteiger partial charge in [0.15, 0.2) is 6.29 Å². The molecular formula is C10H15NO4. The number of carbonyl (C=O) groups excluding carboxylic acids is 2. The fourth-order valence-electron chi connectivity index (χ4n) is 2.90. The van der Waals surface area contributed by atoms with Crippen LogP contribution in [0, 0.1) is 5.92 Å². The van der Waals surface area contributed by atoms with Crippen molar-refractivity contribution in [2.24, 2.45) is 5.92 Å². The number of piperidine rings is 1. The highest BCUT2D eigenvalue weighted by Gasteiger charge is 2.51. The van der Waals surface area contributed by atoms with Crippen LogP contribution < -0.4 is 0 Å². The molecule has 1 aliphatic carbocycles. The SMILES string of the molecule is CC(=O)C(=O)N1C2CCC(C2)C1C(O)O. The number of ketones is 1. The molecule has 2 aliphatic rings. The van der Waals surface area contributed by atoms with E-state index in [4.69, 9.17) is 0 Å². The van der Waals surface area contributed by atoms with Crippen molar-refractivity contribution < 1.29 is 19.8 Å². The van der Waals surface area contributed by atoms with E-state index in [1.54, 1.807) is 0 Å². The number of nitrogens with zero attached hydrogens (tertiary/aromatic N) is 1. The van der Waals surface area contributed by atoms with Crippen LogP contribution in [0.2, 0.25) is 0 Å². The summed E-state index contributed by atoms with van der Waals surface area (Å²) in [5.41, 5.74) is 0. The molecule has 2 N–H and O–H groups in total. The van der Waals surface area contributed by atoms with Gasteiger partial charge in [0.05, 0.1) is 6.04 Å². The van der Waals surface area contributed by atoms with E-state index in [2.05, 4.69) is 0 Å². The zero-order valence-electron chi connectivity index (χ0n) is 8.59. The number of likely N-dealkylation sites (tertiary alicyclic amines) is 1. The van der Waals surface area contributed by atoms with E-state index in [9.17, 15) is 19.8 Å². The third kappa shape index (κ3) is 1.55. The number of hydrogen-bond donors (Lipinski definition) is 2. The summed E-state index contributed by atoms with van der Waals surface area (Å²) in [6.45, 7) is 1.22. The molecule has 1 saturated heterocycles. The van der Waals surface area contributed by atoms with Crippen molar-refractivity contribution in [2.45, 2.75) is 44.6 Å². The van der Waals surface area contributed by atoms with Crippen molar-refractivity contribution in [3.05, 3.63) is 0 Å². The van der Waals surface area contributed by atoms with Crippen molar-refractivity contribution in [1.29, 1.82) is 0 Å². The predicted octanol–water partition coefficient (Wildman–Crippen LogP) is -0.734. The van der Waals surface area contributed by atoms with Gasteiger partial charge in [-0.1, -0.05) is 0 Å². The monoisotopic (exact) mass is 213 g/mol. The molecule has 1 aliphatic heterocycles. The lowest BCUT2D eigenvalue weighted by molar-refractivity contribution is -0.158. The van der Waals surface area contributed by atoms with Crippen molar-refractivity contribution in [3.63, 3.8) is 0 Å². The van der Waals surface area contributed by atoms with Gasteiger partial charge in [-0.2, -0.15) is 0 Å². The first kappa shape index (κ1) is 10.6. The predicted molar refractivity (Wildman–Crippen MR) is 50.7 cm³/mol. The molecule has 1 saturated carbocycles. The second-order valence-electron chi connectivity index (χ2n) is 4.40. The molecule has 3 unspecified atom stereocenters. The number of fused-ring (bicyclic) bond motifs is 2. The van der Waals surface area contributed by atoms with Crippen LogP contribution in [-0.2, 0) is 9.59 Å². The molecule has 0 aromatic heterocycles. The molecule has 0 spiro atoms. The van der Waals surface area contributed by atoms with Crippen LogP contribution in [0.1, 0.15) is 26.2 Å². The van der Waals surface area contributed by atoms with Gasteiger partial charge in [-0.05, 0) is 25.2 Å².